The Morgan fingerprint density at radius 2 is 1.03 bits per heavy atom. The summed E-state index contributed by atoms with van der Waals surface area (Å²) in [7, 11) is 0. The lowest BCUT2D eigenvalue weighted by Crippen LogP contribution is -2.18. The number of phenols is 2. The molecule has 39 heavy (non-hydrogen) atoms. The van der Waals surface area contributed by atoms with Crippen LogP contribution in [0, 0.1) is 11.3 Å². The van der Waals surface area contributed by atoms with Gasteiger partial charge in [-0.15, -0.1) is 0 Å². The number of aryl methyl sites for hydroxylation is 2. The molecule has 0 aromatic heterocycles. The maximum Gasteiger partial charge on any atom is 0.123 e. The van der Waals surface area contributed by atoms with Crippen molar-refractivity contribution >= 4 is 0 Å². The normalized spacial score (nSPS) is 13.8. The molecule has 0 aliphatic heterocycles. The van der Waals surface area contributed by atoms with E-state index in [0.717, 1.165) is 59.1 Å². The molecule has 2 aromatic rings. The standard InChI is InChI=1S/C35H56O4/c1-23(22-33(2,3)4)17-26(27-18-24(13-11-15-36)20-29(31(27)38)34(5,6)7)28-19-25(14-12-16-37)21-30(32(28)39)35(8,9)10/h18-21,23,26,36-39H,11-17,22H2,1-10H3. The van der Waals surface area contributed by atoms with Gasteiger partial charge in [0.25, 0.3) is 0 Å². The van der Waals surface area contributed by atoms with E-state index in [1.165, 1.54) is 0 Å². The van der Waals surface area contributed by atoms with Gasteiger partial charge >= 0.3 is 0 Å². The van der Waals surface area contributed by atoms with Crippen LogP contribution in [0.5, 0.6) is 11.5 Å². The van der Waals surface area contributed by atoms with E-state index < -0.39 is 0 Å². The molecule has 220 valence electrons. The molecule has 0 aliphatic rings. The van der Waals surface area contributed by atoms with Crippen LogP contribution < -0.4 is 0 Å². The number of phenolic OH excluding ortho intramolecular Hbond substituents is 2. The third-order valence-corrected chi connectivity index (χ3v) is 7.61. The topological polar surface area (TPSA) is 80.9 Å². The van der Waals surface area contributed by atoms with Crippen LogP contribution in [-0.2, 0) is 23.7 Å². The predicted molar refractivity (Wildman–Crippen MR) is 164 cm³/mol. The Labute approximate surface area is 238 Å². The van der Waals surface area contributed by atoms with Crippen molar-refractivity contribution < 1.29 is 20.4 Å². The van der Waals surface area contributed by atoms with Gasteiger partial charge in [-0.3, -0.25) is 0 Å². The molecule has 0 saturated heterocycles. The van der Waals surface area contributed by atoms with Gasteiger partial charge in [-0.25, -0.2) is 0 Å². The fourth-order valence-corrected chi connectivity index (χ4v) is 5.92. The van der Waals surface area contributed by atoms with Crippen molar-refractivity contribution in [2.45, 2.75) is 125 Å². The molecule has 1 atom stereocenters. The van der Waals surface area contributed by atoms with E-state index in [9.17, 15) is 20.4 Å². The fraction of sp³-hybridized carbons (Fsp3) is 0.657. The number of hydrogen-bond acceptors (Lipinski definition) is 4. The third-order valence-electron chi connectivity index (χ3n) is 7.61. The van der Waals surface area contributed by atoms with Crippen molar-refractivity contribution in [2.75, 3.05) is 13.2 Å². The van der Waals surface area contributed by atoms with Gasteiger partial charge in [-0.1, -0.05) is 93.5 Å². The Morgan fingerprint density at radius 3 is 1.33 bits per heavy atom. The van der Waals surface area contributed by atoms with Crippen molar-refractivity contribution in [1.82, 2.24) is 0 Å². The lowest BCUT2D eigenvalue weighted by Gasteiger charge is -2.32. The summed E-state index contributed by atoms with van der Waals surface area (Å²) in [5, 5.41) is 42.7. The van der Waals surface area contributed by atoms with Crippen molar-refractivity contribution in [3.63, 3.8) is 0 Å². The van der Waals surface area contributed by atoms with Crippen LogP contribution in [0.3, 0.4) is 0 Å². The summed E-state index contributed by atoms with van der Waals surface area (Å²) in [5.74, 6) is 0.765. The minimum absolute atomic E-state index is 0.121. The molecule has 4 N–H and O–H groups in total. The molecule has 0 radical (unpaired) electrons. The summed E-state index contributed by atoms with van der Waals surface area (Å²) in [4.78, 5) is 0. The van der Waals surface area contributed by atoms with E-state index in [4.69, 9.17) is 0 Å². The first-order valence-electron chi connectivity index (χ1n) is 14.8. The van der Waals surface area contributed by atoms with Gasteiger partial charge in [-0.2, -0.15) is 0 Å². The zero-order valence-electron chi connectivity index (χ0n) is 26.4. The van der Waals surface area contributed by atoms with Gasteiger partial charge in [0.1, 0.15) is 11.5 Å². The molecule has 0 saturated carbocycles. The predicted octanol–water partition coefficient (Wildman–Crippen LogP) is 8.14. The lowest BCUT2D eigenvalue weighted by molar-refractivity contribution is 0.288. The maximum absolute atomic E-state index is 11.8. The fourth-order valence-electron chi connectivity index (χ4n) is 5.92. The number of benzene rings is 2. The molecule has 2 rings (SSSR count). The molecule has 4 nitrogen and oxygen atoms in total. The van der Waals surface area contributed by atoms with E-state index in [-0.39, 0.29) is 35.4 Å². The van der Waals surface area contributed by atoms with Crippen molar-refractivity contribution in [3.8, 4) is 11.5 Å². The average molecular weight is 541 g/mol. The zero-order valence-corrected chi connectivity index (χ0v) is 26.4. The highest BCUT2D eigenvalue weighted by atomic mass is 16.3. The minimum atomic E-state index is -0.267. The summed E-state index contributed by atoms with van der Waals surface area (Å²) in [5.41, 5.74) is 5.32. The van der Waals surface area contributed by atoms with Crippen LogP contribution in [0.4, 0.5) is 0 Å². The number of hydrogen-bond donors (Lipinski definition) is 4. The van der Waals surface area contributed by atoms with Gasteiger partial charge in [0.05, 0.1) is 0 Å². The number of rotatable bonds is 11. The van der Waals surface area contributed by atoms with Crippen molar-refractivity contribution in [1.29, 1.82) is 0 Å². The summed E-state index contributed by atoms with van der Waals surface area (Å²) in [6.07, 6.45) is 4.60. The second-order valence-corrected chi connectivity index (χ2v) is 15.0. The largest absolute Gasteiger partial charge is 0.507 e. The Bertz CT molecular complexity index is 1000. The first-order valence-corrected chi connectivity index (χ1v) is 14.8. The van der Waals surface area contributed by atoms with Crippen LogP contribution in [0.2, 0.25) is 0 Å². The summed E-state index contributed by atoms with van der Waals surface area (Å²) in [6.45, 7) is 22.0. The number of aromatic hydroxyl groups is 2. The molecule has 4 heteroatoms. The monoisotopic (exact) mass is 540 g/mol. The summed E-state index contributed by atoms with van der Waals surface area (Å²) >= 11 is 0. The highest BCUT2D eigenvalue weighted by molar-refractivity contribution is 5.56. The van der Waals surface area contributed by atoms with E-state index in [1.807, 2.05) is 0 Å². The maximum atomic E-state index is 11.8. The van der Waals surface area contributed by atoms with E-state index in [0.29, 0.717) is 30.3 Å². The molecule has 0 aliphatic carbocycles. The number of aliphatic hydroxyl groups is 2. The molecule has 0 fully saturated rings. The molecule has 0 heterocycles. The van der Waals surface area contributed by atoms with Gasteiger partial charge in [0.2, 0.25) is 0 Å². The summed E-state index contributed by atoms with van der Waals surface area (Å²) in [6, 6.07) is 8.38. The lowest BCUT2D eigenvalue weighted by atomic mass is 9.73. The SMILES string of the molecule is CC(CC(c1cc(CCCO)cc(C(C)(C)C)c1O)c1cc(CCCO)cc(C(C)(C)C)c1O)CC(C)(C)C. The van der Waals surface area contributed by atoms with E-state index >= 15 is 0 Å². The average Bonchev–Trinajstić information content (AvgIpc) is 2.78. The first-order chi connectivity index (χ1) is 17.9. The van der Waals surface area contributed by atoms with Crippen molar-refractivity contribution in [3.05, 3.63) is 57.6 Å². The van der Waals surface area contributed by atoms with Gasteiger partial charge in [-0.05, 0) is 82.9 Å². The molecular formula is C35H56O4. The van der Waals surface area contributed by atoms with Gasteiger partial charge < -0.3 is 20.4 Å². The van der Waals surface area contributed by atoms with Crippen LogP contribution >= 0.6 is 0 Å². The van der Waals surface area contributed by atoms with Gasteiger partial charge in [0.15, 0.2) is 0 Å². The van der Waals surface area contributed by atoms with E-state index in [1.54, 1.807) is 0 Å². The van der Waals surface area contributed by atoms with Crippen LogP contribution in [0.1, 0.15) is 134 Å². The smallest absolute Gasteiger partial charge is 0.123 e. The Morgan fingerprint density at radius 1 is 0.641 bits per heavy atom. The molecule has 0 spiro atoms. The minimum Gasteiger partial charge on any atom is -0.507 e. The molecule has 2 aromatic carbocycles. The Balaban J connectivity index is 2.90. The Hall–Kier alpha value is -2.04. The van der Waals surface area contributed by atoms with E-state index in [2.05, 4.69) is 93.5 Å². The molecule has 0 bridgehead atoms. The second kappa shape index (κ2) is 13.1. The quantitative estimate of drug-likeness (QED) is 0.232. The third kappa shape index (κ3) is 9.25. The second-order valence-electron chi connectivity index (χ2n) is 15.0. The summed E-state index contributed by atoms with van der Waals surface area (Å²) < 4.78 is 0. The van der Waals surface area contributed by atoms with Crippen LogP contribution in [0.25, 0.3) is 0 Å². The Kier molecular flexibility index (Phi) is 11.1. The zero-order chi connectivity index (χ0) is 29.8. The molecule has 0 amide bonds. The van der Waals surface area contributed by atoms with Crippen molar-refractivity contribution in [2.24, 2.45) is 11.3 Å². The van der Waals surface area contributed by atoms with Crippen LogP contribution in [-0.4, -0.2) is 33.6 Å². The molecular weight excluding hydrogens is 484 g/mol. The molecule has 1 unspecified atom stereocenters. The highest BCUT2D eigenvalue weighted by Gasteiger charge is 2.31. The highest BCUT2D eigenvalue weighted by Crippen LogP contribution is 2.48. The first kappa shape index (κ1) is 33.2. The van der Waals surface area contributed by atoms with Gasteiger partial charge in [0, 0.05) is 30.3 Å². The number of aliphatic hydroxyl groups excluding tert-OH is 2. The van der Waals surface area contributed by atoms with Crippen LogP contribution in [0.15, 0.2) is 24.3 Å².